The number of hydrogen-bond donors (Lipinski definition) is 1. The van der Waals surface area contributed by atoms with Crippen LogP contribution >= 0.6 is 12.6 Å². The van der Waals surface area contributed by atoms with Crippen molar-refractivity contribution in [2.24, 2.45) is 5.41 Å². The third-order valence-corrected chi connectivity index (χ3v) is 5.34. The molecule has 1 heterocycles. The van der Waals surface area contributed by atoms with E-state index in [1.54, 1.807) is 9.80 Å². The summed E-state index contributed by atoms with van der Waals surface area (Å²) in [5.41, 5.74) is 0.129. The van der Waals surface area contributed by atoms with Crippen LogP contribution in [0.25, 0.3) is 0 Å². The van der Waals surface area contributed by atoms with Crippen LogP contribution in [0.5, 0.6) is 0 Å². The highest BCUT2D eigenvalue weighted by atomic mass is 32.1. The monoisotopic (exact) mass is 298 g/mol. The Bertz CT molecular complexity index is 367. The second-order valence-corrected chi connectivity index (χ2v) is 6.55. The lowest BCUT2D eigenvalue weighted by Crippen LogP contribution is -2.57. The van der Waals surface area contributed by atoms with Gasteiger partial charge in [-0.25, -0.2) is 0 Å². The van der Waals surface area contributed by atoms with Gasteiger partial charge in [0.25, 0.3) is 0 Å². The summed E-state index contributed by atoms with van der Waals surface area (Å²) >= 11 is 4.52. The number of rotatable bonds is 5. The van der Waals surface area contributed by atoms with E-state index in [0.717, 1.165) is 25.0 Å². The van der Waals surface area contributed by atoms with Crippen molar-refractivity contribution in [3.8, 4) is 0 Å². The Morgan fingerprint density at radius 3 is 2.25 bits per heavy atom. The van der Waals surface area contributed by atoms with E-state index < -0.39 is 0 Å². The van der Waals surface area contributed by atoms with Gasteiger partial charge in [-0.15, -0.1) is 0 Å². The Morgan fingerprint density at radius 1 is 1.05 bits per heavy atom. The zero-order valence-corrected chi connectivity index (χ0v) is 13.3. The number of carbonyl (C=O) groups excluding carboxylic acids is 2. The molecule has 2 fully saturated rings. The van der Waals surface area contributed by atoms with Gasteiger partial charge in [0.05, 0.1) is 0 Å². The molecular weight excluding hydrogens is 272 g/mol. The van der Waals surface area contributed by atoms with Gasteiger partial charge in [-0.1, -0.05) is 26.2 Å². The standard InChI is InChI=1S/C15H26N2O2S/c1-2-8-16-9-10-17(14(19)13(16)18)11-15(12-20)6-4-3-5-7-15/h20H,2-12H2,1H3. The molecule has 0 unspecified atom stereocenters. The lowest BCUT2D eigenvalue weighted by molar-refractivity contribution is -0.157. The van der Waals surface area contributed by atoms with Crippen LogP contribution in [0.15, 0.2) is 0 Å². The summed E-state index contributed by atoms with van der Waals surface area (Å²) in [6.45, 7) is 4.79. The third-order valence-electron chi connectivity index (χ3n) is 4.67. The Kier molecular flexibility index (Phi) is 5.35. The van der Waals surface area contributed by atoms with Crippen molar-refractivity contribution in [1.82, 2.24) is 9.80 Å². The molecular formula is C15H26N2O2S. The van der Waals surface area contributed by atoms with E-state index in [0.29, 0.717) is 26.2 Å². The zero-order valence-electron chi connectivity index (χ0n) is 12.4. The number of thiol groups is 1. The van der Waals surface area contributed by atoms with Crippen molar-refractivity contribution in [3.63, 3.8) is 0 Å². The summed E-state index contributed by atoms with van der Waals surface area (Å²) in [5, 5.41) is 0. The van der Waals surface area contributed by atoms with E-state index in [1.165, 1.54) is 19.3 Å². The molecule has 2 amide bonds. The lowest BCUT2D eigenvalue weighted by Gasteiger charge is -2.42. The van der Waals surface area contributed by atoms with Crippen molar-refractivity contribution < 1.29 is 9.59 Å². The summed E-state index contributed by atoms with van der Waals surface area (Å²) in [6.07, 6.45) is 6.89. The molecule has 1 saturated carbocycles. The smallest absolute Gasteiger partial charge is 0.312 e. The van der Waals surface area contributed by atoms with Crippen LogP contribution in [0.2, 0.25) is 0 Å². The predicted molar refractivity (Wildman–Crippen MR) is 82.8 cm³/mol. The van der Waals surface area contributed by atoms with Crippen molar-refractivity contribution in [2.45, 2.75) is 45.4 Å². The average molecular weight is 298 g/mol. The summed E-state index contributed by atoms with van der Waals surface area (Å²) < 4.78 is 0. The second kappa shape index (κ2) is 6.83. The van der Waals surface area contributed by atoms with E-state index in [-0.39, 0.29) is 17.2 Å². The highest BCUT2D eigenvalue weighted by Gasteiger charge is 2.38. The first kappa shape index (κ1) is 15.7. The van der Waals surface area contributed by atoms with Crippen LogP contribution in [-0.2, 0) is 9.59 Å². The Hall–Kier alpha value is -0.710. The molecule has 0 aromatic rings. The Balaban J connectivity index is 1.99. The van der Waals surface area contributed by atoms with E-state index in [2.05, 4.69) is 12.6 Å². The van der Waals surface area contributed by atoms with Gasteiger partial charge < -0.3 is 9.80 Å². The minimum absolute atomic E-state index is 0.129. The fourth-order valence-corrected chi connectivity index (χ4v) is 3.84. The molecule has 5 heteroatoms. The second-order valence-electron chi connectivity index (χ2n) is 6.24. The van der Waals surface area contributed by atoms with Crippen molar-refractivity contribution in [2.75, 3.05) is 31.9 Å². The number of amides is 2. The molecule has 20 heavy (non-hydrogen) atoms. The maximum atomic E-state index is 12.3. The Labute approximate surface area is 127 Å². The summed E-state index contributed by atoms with van der Waals surface area (Å²) in [5.74, 6) is 0.184. The first-order chi connectivity index (χ1) is 9.62. The van der Waals surface area contributed by atoms with E-state index in [1.807, 2.05) is 6.92 Å². The fraction of sp³-hybridized carbons (Fsp3) is 0.867. The molecule has 114 valence electrons. The van der Waals surface area contributed by atoms with Crippen molar-refractivity contribution >= 4 is 24.4 Å². The predicted octanol–water partition coefficient (Wildman–Crippen LogP) is 1.95. The van der Waals surface area contributed by atoms with Crippen LogP contribution in [0.3, 0.4) is 0 Å². The molecule has 0 N–H and O–H groups in total. The number of piperazine rings is 1. The van der Waals surface area contributed by atoms with Gasteiger partial charge in [0.2, 0.25) is 0 Å². The summed E-state index contributed by atoms with van der Waals surface area (Å²) in [7, 11) is 0. The number of carbonyl (C=O) groups is 2. The molecule has 0 atom stereocenters. The minimum atomic E-state index is -0.316. The van der Waals surface area contributed by atoms with Gasteiger partial charge in [-0.2, -0.15) is 12.6 Å². The van der Waals surface area contributed by atoms with Crippen molar-refractivity contribution in [1.29, 1.82) is 0 Å². The highest BCUT2D eigenvalue weighted by Crippen LogP contribution is 2.38. The van der Waals surface area contributed by atoms with Crippen LogP contribution in [0.1, 0.15) is 45.4 Å². The van der Waals surface area contributed by atoms with Gasteiger partial charge in [-0.3, -0.25) is 9.59 Å². The third kappa shape index (κ3) is 3.30. The SMILES string of the molecule is CCCN1CCN(CC2(CS)CCCCC2)C(=O)C1=O. The molecule has 4 nitrogen and oxygen atoms in total. The minimum Gasteiger partial charge on any atom is -0.333 e. The van der Waals surface area contributed by atoms with Crippen LogP contribution in [0, 0.1) is 5.41 Å². The van der Waals surface area contributed by atoms with Crippen molar-refractivity contribution in [3.05, 3.63) is 0 Å². The first-order valence-electron chi connectivity index (χ1n) is 7.81. The molecule has 0 aromatic heterocycles. The van der Waals surface area contributed by atoms with E-state index in [4.69, 9.17) is 0 Å². The van der Waals surface area contributed by atoms with E-state index >= 15 is 0 Å². The van der Waals surface area contributed by atoms with Gasteiger partial charge in [0.15, 0.2) is 0 Å². The summed E-state index contributed by atoms with van der Waals surface area (Å²) in [6, 6.07) is 0. The normalized spacial score (nSPS) is 23.3. The quantitative estimate of drug-likeness (QED) is 0.622. The molecule has 0 spiro atoms. The molecule has 1 aliphatic heterocycles. The lowest BCUT2D eigenvalue weighted by atomic mass is 9.75. The largest absolute Gasteiger partial charge is 0.333 e. The van der Waals surface area contributed by atoms with Gasteiger partial charge in [0.1, 0.15) is 0 Å². The molecule has 1 saturated heterocycles. The Morgan fingerprint density at radius 2 is 1.65 bits per heavy atom. The number of hydrogen-bond acceptors (Lipinski definition) is 3. The highest BCUT2D eigenvalue weighted by molar-refractivity contribution is 7.80. The van der Waals surface area contributed by atoms with Gasteiger partial charge in [0, 0.05) is 26.2 Å². The van der Waals surface area contributed by atoms with Gasteiger partial charge >= 0.3 is 11.8 Å². The summed E-state index contributed by atoms with van der Waals surface area (Å²) in [4.78, 5) is 27.8. The topological polar surface area (TPSA) is 40.6 Å². The maximum Gasteiger partial charge on any atom is 0.312 e. The fourth-order valence-electron chi connectivity index (χ4n) is 3.42. The molecule has 1 aliphatic carbocycles. The number of nitrogens with zero attached hydrogens (tertiary/aromatic N) is 2. The molecule has 0 bridgehead atoms. The average Bonchev–Trinajstić information content (AvgIpc) is 2.48. The molecule has 0 radical (unpaired) electrons. The van der Waals surface area contributed by atoms with Crippen LogP contribution < -0.4 is 0 Å². The van der Waals surface area contributed by atoms with Crippen LogP contribution in [-0.4, -0.2) is 53.5 Å². The zero-order chi connectivity index (χ0) is 14.6. The first-order valence-corrected chi connectivity index (χ1v) is 8.44. The van der Waals surface area contributed by atoms with Crippen LogP contribution in [0.4, 0.5) is 0 Å². The molecule has 2 rings (SSSR count). The van der Waals surface area contributed by atoms with Gasteiger partial charge in [-0.05, 0) is 30.4 Å². The maximum absolute atomic E-state index is 12.3. The van der Waals surface area contributed by atoms with E-state index in [9.17, 15) is 9.59 Å². The molecule has 2 aliphatic rings. The molecule has 0 aromatic carbocycles.